The summed E-state index contributed by atoms with van der Waals surface area (Å²) in [5.74, 6) is 0. The zero-order valence-corrected chi connectivity index (χ0v) is 10.8. The Bertz CT molecular complexity index is 444. The average Bonchev–Trinajstić information content (AvgIpc) is 2.43. The fourth-order valence-electron chi connectivity index (χ4n) is 3.47. The molecule has 0 unspecified atom stereocenters. The van der Waals surface area contributed by atoms with E-state index in [1.807, 2.05) is 0 Å². The van der Waals surface area contributed by atoms with Gasteiger partial charge in [0, 0.05) is 12.0 Å². The molecule has 0 radical (unpaired) electrons. The van der Waals surface area contributed by atoms with Gasteiger partial charge in [0.1, 0.15) is 0 Å². The predicted molar refractivity (Wildman–Crippen MR) is 74.5 cm³/mol. The van der Waals surface area contributed by atoms with E-state index in [4.69, 9.17) is 5.11 Å². The third-order valence-electron chi connectivity index (χ3n) is 4.57. The Morgan fingerprint density at radius 3 is 2.72 bits per heavy atom. The topological polar surface area (TPSA) is 23.5 Å². The molecule has 1 aromatic rings. The first-order valence-electron chi connectivity index (χ1n) is 6.93. The van der Waals surface area contributed by atoms with Crippen LogP contribution in [0.3, 0.4) is 0 Å². The molecule has 1 aliphatic heterocycles. The van der Waals surface area contributed by atoms with Crippen molar-refractivity contribution < 1.29 is 5.11 Å². The molecular weight excluding hydrogens is 222 g/mol. The predicted octanol–water partition coefficient (Wildman–Crippen LogP) is 2.43. The highest BCUT2D eigenvalue weighted by molar-refractivity contribution is 5.59. The van der Waals surface area contributed by atoms with Gasteiger partial charge in [0.25, 0.3) is 0 Å². The van der Waals surface area contributed by atoms with Gasteiger partial charge in [0.15, 0.2) is 0 Å². The van der Waals surface area contributed by atoms with Gasteiger partial charge in [-0.25, -0.2) is 0 Å². The lowest BCUT2D eigenvalue weighted by molar-refractivity contribution is 0.131. The number of rotatable bonds is 2. The number of fused-ring (bicyclic) bond motifs is 2. The summed E-state index contributed by atoms with van der Waals surface area (Å²) >= 11 is 0. The van der Waals surface area contributed by atoms with E-state index < -0.39 is 0 Å². The molecule has 1 N–H and O–H groups in total. The number of hydrogen-bond acceptors (Lipinski definition) is 2. The van der Waals surface area contributed by atoms with Crippen LogP contribution in [0.4, 0.5) is 0 Å². The van der Waals surface area contributed by atoms with Gasteiger partial charge >= 0.3 is 0 Å². The molecule has 1 fully saturated rings. The Kier molecular flexibility index (Phi) is 3.23. The highest BCUT2D eigenvalue weighted by Crippen LogP contribution is 2.43. The van der Waals surface area contributed by atoms with Crippen molar-refractivity contribution >= 4 is 6.08 Å². The molecule has 1 spiro atoms. The number of β-amino-alcohol motifs (C(OH)–C–C–N with tert-alkyl or cyclic N) is 1. The maximum Gasteiger partial charge on any atom is 0.0558 e. The molecule has 0 aromatic heterocycles. The Hall–Kier alpha value is -1.12. The lowest BCUT2D eigenvalue weighted by Gasteiger charge is -2.44. The summed E-state index contributed by atoms with van der Waals surface area (Å²) in [5, 5.41) is 9.03. The van der Waals surface area contributed by atoms with Crippen molar-refractivity contribution in [2.45, 2.75) is 24.7 Å². The molecule has 1 heterocycles. The van der Waals surface area contributed by atoms with Crippen molar-refractivity contribution in [3.8, 4) is 0 Å². The van der Waals surface area contributed by atoms with Gasteiger partial charge in [-0.05, 0) is 43.5 Å². The van der Waals surface area contributed by atoms with Crippen LogP contribution in [-0.2, 0) is 5.41 Å². The molecule has 2 heteroatoms. The summed E-state index contributed by atoms with van der Waals surface area (Å²) < 4.78 is 0. The Morgan fingerprint density at radius 2 is 1.94 bits per heavy atom. The fourth-order valence-corrected chi connectivity index (χ4v) is 3.47. The Balaban J connectivity index is 1.83. The van der Waals surface area contributed by atoms with Gasteiger partial charge in [-0.2, -0.15) is 0 Å². The Labute approximate surface area is 109 Å². The van der Waals surface area contributed by atoms with Crippen LogP contribution in [0.15, 0.2) is 30.3 Å². The molecule has 0 saturated carbocycles. The second-order valence-corrected chi connectivity index (χ2v) is 5.54. The second kappa shape index (κ2) is 4.87. The standard InChI is InChI=1S/C16H21NO/c18-13-12-17-10-8-16(9-11-17)7-3-5-14-4-1-2-6-15(14)16/h1-6,18H,7-13H2. The maximum absolute atomic E-state index is 9.03. The lowest BCUT2D eigenvalue weighted by atomic mass is 9.67. The van der Waals surface area contributed by atoms with E-state index in [0.29, 0.717) is 5.41 Å². The molecule has 0 atom stereocenters. The van der Waals surface area contributed by atoms with Crippen molar-refractivity contribution in [2.24, 2.45) is 0 Å². The lowest BCUT2D eigenvalue weighted by Crippen LogP contribution is -2.44. The number of piperidine rings is 1. The first kappa shape index (κ1) is 11.9. The zero-order valence-electron chi connectivity index (χ0n) is 10.8. The van der Waals surface area contributed by atoms with Crippen LogP contribution in [0.2, 0.25) is 0 Å². The normalized spacial score (nSPS) is 22.1. The summed E-state index contributed by atoms with van der Waals surface area (Å²) in [5.41, 5.74) is 3.30. The van der Waals surface area contributed by atoms with E-state index in [-0.39, 0.29) is 6.61 Å². The maximum atomic E-state index is 9.03. The molecule has 2 aliphatic rings. The van der Waals surface area contributed by atoms with Gasteiger partial charge in [0.2, 0.25) is 0 Å². The minimum atomic E-state index is 0.281. The number of benzene rings is 1. The highest BCUT2D eigenvalue weighted by atomic mass is 16.3. The van der Waals surface area contributed by atoms with Gasteiger partial charge in [-0.15, -0.1) is 0 Å². The fraction of sp³-hybridized carbons (Fsp3) is 0.500. The van der Waals surface area contributed by atoms with Gasteiger partial charge in [-0.1, -0.05) is 36.4 Å². The summed E-state index contributed by atoms with van der Waals surface area (Å²) in [6.45, 7) is 3.34. The van der Waals surface area contributed by atoms with Crippen molar-refractivity contribution in [1.29, 1.82) is 0 Å². The summed E-state index contributed by atoms with van der Waals surface area (Å²) in [6, 6.07) is 8.83. The molecule has 3 rings (SSSR count). The van der Waals surface area contributed by atoms with Crippen molar-refractivity contribution in [3.05, 3.63) is 41.5 Å². The number of allylic oxidation sites excluding steroid dienone is 1. The number of aliphatic hydroxyl groups is 1. The molecular formula is C16H21NO. The van der Waals surface area contributed by atoms with Gasteiger partial charge in [0.05, 0.1) is 6.61 Å². The van der Waals surface area contributed by atoms with Crippen molar-refractivity contribution in [3.63, 3.8) is 0 Å². The van der Waals surface area contributed by atoms with Crippen LogP contribution in [0, 0.1) is 0 Å². The highest BCUT2D eigenvalue weighted by Gasteiger charge is 2.37. The number of likely N-dealkylation sites (tertiary alicyclic amines) is 1. The minimum Gasteiger partial charge on any atom is -0.395 e. The minimum absolute atomic E-state index is 0.281. The SMILES string of the molecule is OCCN1CCC2(CC=Cc3ccccc32)CC1. The molecule has 2 nitrogen and oxygen atoms in total. The molecule has 1 aliphatic carbocycles. The van der Waals surface area contributed by atoms with Crippen LogP contribution >= 0.6 is 0 Å². The number of nitrogens with zero attached hydrogens (tertiary/aromatic N) is 1. The number of aliphatic hydroxyl groups excluding tert-OH is 1. The quantitative estimate of drug-likeness (QED) is 0.862. The summed E-state index contributed by atoms with van der Waals surface area (Å²) in [7, 11) is 0. The van der Waals surface area contributed by atoms with Crippen molar-refractivity contribution in [1.82, 2.24) is 4.90 Å². The van der Waals surface area contributed by atoms with Crippen LogP contribution in [0.25, 0.3) is 6.08 Å². The van der Waals surface area contributed by atoms with Gasteiger partial charge in [-0.3, -0.25) is 0 Å². The molecule has 0 amide bonds. The van der Waals surface area contributed by atoms with E-state index in [9.17, 15) is 0 Å². The van der Waals surface area contributed by atoms with Crippen LogP contribution in [-0.4, -0.2) is 36.2 Å². The second-order valence-electron chi connectivity index (χ2n) is 5.54. The molecule has 18 heavy (non-hydrogen) atoms. The summed E-state index contributed by atoms with van der Waals surface area (Å²) in [4.78, 5) is 2.38. The molecule has 96 valence electrons. The third kappa shape index (κ3) is 2.00. The van der Waals surface area contributed by atoms with E-state index in [1.165, 1.54) is 30.4 Å². The smallest absolute Gasteiger partial charge is 0.0558 e. The Morgan fingerprint density at radius 1 is 1.17 bits per heavy atom. The van der Waals surface area contributed by atoms with Crippen molar-refractivity contribution in [2.75, 3.05) is 26.2 Å². The molecule has 1 aromatic carbocycles. The zero-order chi connectivity index (χ0) is 12.4. The van der Waals surface area contributed by atoms with Crippen LogP contribution in [0.5, 0.6) is 0 Å². The van der Waals surface area contributed by atoms with E-state index in [2.05, 4.69) is 41.3 Å². The molecule has 1 saturated heterocycles. The van der Waals surface area contributed by atoms with Crippen LogP contribution < -0.4 is 0 Å². The van der Waals surface area contributed by atoms with E-state index >= 15 is 0 Å². The van der Waals surface area contributed by atoms with E-state index in [1.54, 1.807) is 0 Å². The summed E-state index contributed by atoms with van der Waals surface area (Å²) in [6.07, 6.45) is 8.21. The average molecular weight is 243 g/mol. The first-order valence-corrected chi connectivity index (χ1v) is 6.93. The number of hydrogen-bond donors (Lipinski definition) is 1. The first-order chi connectivity index (χ1) is 8.84. The van der Waals surface area contributed by atoms with E-state index in [0.717, 1.165) is 19.6 Å². The largest absolute Gasteiger partial charge is 0.395 e. The molecule has 0 bridgehead atoms. The monoisotopic (exact) mass is 243 g/mol. The van der Waals surface area contributed by atoms with Gasteiger partial charge < -0.3 is 10.0 Å². The van der Waals surface area contributed by atoms with Crippen LogP contribution in [0.1, 0.15) is 30.4 Å². The third-order valence-corrected chi connectivity index (χ3v) is 4.57.